The fraction of sp³-hybridized carbons (Fsp3) is 0.611. The minimum absolute atomic E-state index is 0.186. The van der Waals surface area contributed by atoms with Crippen molar-refractivity contribution < 1.29 is 19.1 Å². The Kier molecular flexibility index (Phi) is 7.99. The van der Waals surface area contributed by atoms with E-state index in [0.29, 0.717) is 11.4 Å². The van der Waals surface area contributed by atoms with Gasteiger partial charge in [-0.3, -0.25) is 14.7 Å². The first-order valence-electron chi connectivity index (χ1n) is 8.51. The van der Waals surface area contributed by atoms with E-state index in [2.05, 4.69) is 34.3 Å². The van der Waals surface area contributed by atoms with Crippen LogP contribution in [0.3, 0.4) is 0 Å². The van der Waals surface area contributed by atoms with Crippen molar-refractivity contribution in [3.63, 3.8) is 0 Å². The lowest BCUT2D eigenvalue weighted by atomic mass is 9.79. The Hall–Kier alpha value is -2.49. The van der Waals surface area contributed by atoms with Gasteiger partial charge in [0.1, 0.15) is 5.82 Å². The Balaban J connectivity index is 3.09. The van der Waals surface area contributed by atoms with E-state index in [1.54, 1.807) is 33.9 Å². The topological polar surface area (TPSA) is 93.3 Å². The van der Waals surface area contributed by atoms with E-state index in [1.165, 1.54) is 0 Å². The molecule has 0 aliphatic carbocycles. The average molecular weight is 349 g/mol. The fourth-order valence-electron chi connectivity index (χ4n) is 2.20. The first-order chi connectivity index (χ1) is 11.9. The summed E-state index contributed by atoms with van der Waals surface area (Å²) in [7, 11) is 0. The van der Waals surface area contributed by atoms with Crippen molar-refractivity contribution in [2.24, 2.45) is 11.3 Å². The molecule has 1 aromatic heterocycles. The Morgan fingerprint density at radius 3 is 2.36 bits per heavy atom. The third kappa shape index (κ3) is 5.82. The van der Waals surface area contributed by atoms with E-state index >= 15 is 0 Å². The molecule has 25 heavy (non-hydrogen) atoms. The van der Waals surface area contributed by atoms with Gasteiger partial charge in [0.15, 0.2) is 5.92 Å². The molecule has 1 rings (SSSR count). The monoisotopic (exact) mass is 349 g/mol. The summed E-state index contributed by atoms with van der Waals surface area (Å²) in [4.78, 5) is 24.5. The van der Waals surface area contributed by atoms with Crippen LogP contribution in [0.5, 0.6) is 0 Å². The van der Waals surface area contributed by atoms with Crippen LogP contribution in [-0.2, 0) is 19.1 Å². The summed E-state index contributed by atoms with van der Waals surface area (Å²) in [5.74, 6) is 4.35. The number of nitrogens with zero attached hydrogens (tertiary/aromatic N) is 1. The number of nitrogens with one attached hydrogen (secondary N) is 2. The van der Waals surface area contributed by atoms with Gasteiger partial charge < -0.3 is 14.8 Å². The summed E-state index contributed by atoms with van der Waals surface area (Å²) in [6.45, 7) is 10.0. The molecule has 7 nitrogen and oxygen atoms in total. The lowest BCUT2D eigenvalue weighted by Crippen LogP contribution is -2.39. The van der Waals surface area contributed by atoms with Gasteiger partial charge in [0.25, 0.3) is 0 Å². The number of anilines is 1. The van der Waals surface area contributed by atoms with Crippen LogP contribution in [0.15, 0.2) is 6.20 Å². The summed E-state index contributed by atoms with van der Waals surface area (Å²) < 4.78 is 10.1. The Morgan fingerprint density at radius 2 is 1.84 bits per heavy atom. The van der Waals surface area contributed by atoms with Crippen molar-refractivity contribution in [1.82, 2.24) is 10.2 Å². The maximum Gasteiger partial charge on any atom is 0.321 e. The van der Waals surface area contributed by atoms with Crippen molar-refractivity contribution in [2.45, 2.75) is 41.0 Å². The maximum atomic E-state index is 12.3. The van der Waals surface area contributed by atoms with Gasteiger partial charge in [-0.2, -0.15) is 5.10 Å². The number of aromatic nitrogens is 2. The molecular weight excluding hydrogens is 322 g/mol. The predicted molar refractivity (Wildman–Crippen MR) is 94.8 cm³/mol. The quantitative estimate of drug-likeness (QED) is 0.425. The highest BCUT2D eigenvalue weighted by Gasteiger charge is 2.42. The van der Waals surface area contributed by atoms with Crippen molar-refractivity contribution in [2.75, 3.05) is 25.1 Å². The molecule has 0 bridgehead atoms. The van der Waals surface area contributed by atoms with Gasteiger partial charge in [-0.05, 0) is 34.1 Å². The van der Waals surface area contributed by atoms with Crippen LogP contribution in [0.1, 0.15) is 46.6 Å². The lowest BCUT2D eigenvalue weighted by molar-refractivity contribution is -0.165. The zero-order valence-corrected chi connectivity index (χ0v) is 15.6. The van der Waals surface area contributed by atoms with Gasteiger partial charge in [-0.15, -0.1) is 0 Å². The number of carbonyl (C=O) groups excluding carboxylic acids is 2. The molecular formula is C18H27N3O4. The minimum atomic E-state index is -1.11. The molecule has 0 spiro atoms. The first-order valence-corrected chi connectivity index (χ1v) is 8.51. The molecule has 1 heterocycles. The number of hydrogen-bond acceptors (Lipinski definition) is 6. The molecule has 1 aromatic rings. The lowest BCUT2D eigenvalue weighted by Gasteiger charge is -2.25. The first kappa shape index (κ1) is 20.6. The predicted octanol–water partition coefficient (Wildman–Crippen LogP) is 2.35. The molecule has 0 saturated carbocycles. The van der Waals surface area contributed by atoms with Crippen molar-refractivity contribution in [1.29, 1.82) is 0 Å². The molecule has 0 aromatic carbocycles. The standard InChI is InChI=1S/C18H27N3O4/c1-6-11-19-15-13(12-20-21-15)9-10-18(4,5)14(16(22)24-7-2)17(23)25-8-3/h12,14H,6-8,11H2,1-5H3,(H2,19,20,21). The number of hydrogen-bond donors (Lipinski definition) is 2. The third-order valence-electron chi connectivity index (χ3n) is 3.48. The Morgan fingerprint density at radius 1 is 1.24 bits per heavy atom. The van der Waals surface area contributed by atoms with E-state index < -0.39 is 23.3 Å². The SMILES string of the molecule is CCCNc1[nH]ncc1C#CC(C)(C)C(C(=O)OCC)C(=O)OCC. The highest BCUT2D eigenvalue weighted by atomic mass is 16.6. The summed E-state index contributed by atoms with van der Waals surface area (Å²) in [5.41, 5.74) is -0.286. The van der Waals surface area contributed by atoms with Crippen molar-refractivity contribution in [3.05, 3.63) is 11.8 Å². The molecule has 0 fully saturated rings. The van der Waals surface area contributed by atoms with Crippen LogP contribution >= 0.6 is 0 Å². The zero-order valence-electron chi connectivity index (χ0n) is 15.6. The molecule has 7 heteroatoms. The maximum absolute atomic E-state index is 12.3. The van der Waals surface area contributed by atoms with Crippen LogP contribution in [0.4, 0.5) is 5.82 Å². The van der Waals surface area contributed by atoms with Crippen LogP contribution in [0.2, 0.25) is 0 Å². The largest absolute Gasteiger partial charge is 0.465 e. The second-order valence-corrected chi connectivity index (χ2v) is 5.99. The van der Waals surface area contributed by atoms with E-state index in [9.17, 15) is 9.59 Å². The molecule has 0 atom stereocenters. The Bertz CT molecular complexity index is 622. The van der Waals surface area contributed by atoms with Gasteiger partial charge in [-0.1, -0.05) is 18.8 Å². The van der Waals surface area contributed by atoms with E-state index in [-0.39, 0.29) is 13.2 Å². The van der Waals surface area contributed by atoms with Gasteiger partial charge in [0.05, 0.1) is 30.4 Å². The number of aromatic amines is 1. The normalized spacial score (nSPS) is 10.8. The summed E-state index contributed by atoms with van der Waals surface area (Å²) in [6, 6.07) is 0. The number of carbonyl (C=O) groups is 2. The molecule has 0 unspecified atom stereocenters. The zero-order chi connectivity index (χ0) is 18.9. The van der Waals surface area contributed by atoms with Crippen LogP contribution in [-0.4, -0.2) is 41.9 Å². The molecule has 0 saturated heterocycles. The summed E-state index contributed by atoms with van der Waals surface area (Å²) in [5, 5.41) is 10.0. The van der Waals surface area contributed by atoms with Crippen molar-refractivity contribution >= 4 is 17.8 Å². The van der Waals surface area contributed by atoms with Gasteiger partial charge in [0, 0.05) is 6.54 Å². The fourth-order valence-corrected chi connectivity index (χ4v) is 2.20. The average Bonchev–Trinajstić information content (AvgIpc) is 2.99. The second kappa shape index (κ2) is 9.72. The summed E-state index contributed by atoms with van der Waals surface area (Å²) in [6.07, 6.45) is 2.57. The minimum Gasteiger partial charge on any atom is -0.465 e. The summed E-state index contributed by atoms with van der Waals surface area (Å²) >= 11 is 0. The molecule has 0 amide bonds. The van der Waals surface area contributed by atoms with Gasteiger partial charge in [-0.25, -0.2) is 0 Å². The number of ether oxygens (including phenoxy) is 2. The van der Waals surface area contributed by atoms with Crippen LogP contribution in [0.25, 0.3) is 0 Å². The number of H-pyrrole nitrogens is 1. The third-order valence-corrected chi connectivity index (χ3v) is 3.48. The molecule has 0 aliphatic heterocycles. The number of rotatable bonds is 8. The van der Waals surface area contributed by atoms with Crippen LogP contribution < -0.4 is 5.32 Å². The molecule has 2 N–H and O–H groups in total. The Labute approximate surface area is 148 Å². The number of esters is 2. The van der Waals surface area contributed by atoms with Crippen molar-refractivity contribution in [3.8, 4) is 11.8 Å². The van der Waals surface area contributed by atoms with E-state index in [1.807, 2.05) is 0 Å². The smallest absolute Gasteiger partial charge is 0.321 e. The highest BCUT2D eigenvalue weighted by Crippen LogP contribution is 2.29. The van der Waals surface area contributed by atoms with Crippen LogP contribution in [0, 0.1) is 23.2 Å². The van der Waals surface area contributed by atoms with Gasteiger partial charge in [0.2, 0.25) is 0 Å². The molecule has 138 valence electrons. The van der Waals surface area contributed by atoms with Gasteiger partial charge >= 0.3 is 11.9 Å². The molecule has 0 aliphatic rings. The van der Waals surface area contributed by atoms with E-state index in [4.69, 9.17) is 9.47 Å². The van der Waals surface area contributed by atoms with E-state index in [0.717, 1.165) is 13.0 Å². The highest BCUT2D eigenvalue weighted by molar-refractivity contribution is 5.96. The molecule has 0 radical (unpaired) electrons. The second-order valence-electron chi connectivity index (χ2n) is 5.99.